The van der Waals surface area contributed by atoms with Crippen molar-refractivity contribution in [2.75, 3.05) is 6.61 Å². The molecule has 1 aliphatic rings. The molecular formula is C10H14O3. The lowest BCUT2D eigenvalue weighted by atomic mass is 9.79. The second kappa shape index (κ2) is 3.73. The average Bonchev–Trinajstić information content (AvgIpc) is 2.45. The molecule has 1 saturated heterocycles. The number of ketones is 1. The zero-order valence-electron chi connectivity index (χ0n) is 8.00. The summed E-state index contributed by atoms with van der Waals surface area (Å²) in [4.78, 5) is 22.7. The summed E-state index contributed by atoms with van der Waals surface area (Å²) in [6, 6.07) is 0. The minimum absolute atomic E-state index is 0.0897. The lowest BCUT2D eigenvalue weighted by molar-refractivity contribution is -0.150. The van der Waals surface area contributed by atoms with E-state index in [1.165, 1.54) is 6.92 Å². The second-order valence-corrected chi connectivity index (χ2v) is 3.30. The van der Waals surface area contributed by atoms with Crippen LogP contribution >= 0.6 is 0 Å². The third-order valence-electron chi connectivity index (χ3n) is 2.53. The largest absolute Gasteiger partial charge is 0.465 e. The van der Waals surface area contributed by atoms with Crippen molar-refractivity contribution in [1.82, 2.24) is 0 Å². The van der Waals surface area contributed by atoms with E-state index in [-0.39, 0.29) is 11.8 Å². The van der Waals surface area contributed by atoms with Gasteiger partial charge < -0.3 is 4.74 Å². The summed E-state index contributed by atoms with van der Waals surface area (Å²) >= 11 is 0. The molecular weight excluding hydrogens is 168 g/mol. The van der Waals surface area contributed by atoms with Gasteiger partial charge in [0.1, 0.15) is 11.2 Å². The van der Waals surface area contributed by atoms with Gasteiger partial charge in [-0.25, -0.2) is 0 Å². The molecule has 0 spiro atoms. The molecule has 0 radical (unpaired) electrons. The van der Waals surface area contributed by atoms with Gasteiger partial charge in [0.15, 0.2) is 0 Å². The summed E-state index contributed by atoms with van der Waals surface area (Å²) in [6.07, 6.45) is 4.67. The van der Waals surface area contributed by atoms with E-state index in [0.717, 1.165) is 0 Å². The molecule has 3 nitrogen and oxygen atoms in total. The van der Waals surface area contributed by atoms with Crippen LogP contribution in [-0.2, 0) is 14.3 Å². The van der Waals surface area contributed by atoms with Crippen LogP contribution in [-0.4, -0.2) is 18.4 Å². The Morgan fingerprint density at radius 1 is 1.69 bits per heavy atom. The lowest BCUT2D eigenvalue weighted by Gasteiger charge is -2.18. The third-order valence-corrected chi connectivity index (χ3v) is 2.53. The van der Waals surface area contributed by atoms with Crippen LogP contribution in [0.15, 0.2) is 12.2 Å². The fourth-order valence-electron chi connectivity index (χ4n) is 1.53. The van der Waals surface area contributed by atoms with Gasteiger partial charge in [0, 0.05) is 6.42 Å². The topological polar surface area (TPSA) is 43.4 Å². The van der Waals surface area contributed by atoms with Crippen molar-refractivity contribution in [2.45, 2.75) is 26.7 Å². The maximum absolute atomic E-state index is 11.4. The number of Topliss-reactive ketones (excluding diaryl/α,β-unsaturated/α-hetero) is 1. The summed E-state index contributed by atoms with van der Waals surface area (Å²) in [7, 11) is 0. The highest BCUT2D eigenvalue weighted by atomic mass is 16.5. The SMILES string of the molecule is C/C=C/CC1(C(C)=O)CCOC1=O. The minimum Gasteiger partial charge on any atom is -0.465 e. The number of carbonyl (C=O) groups is 2. The molecule has 1 unspecified atom stereocenters. The van der Waals surface area contributed by atoms with Gasteiger partial charge >= 0.3 is 5.97 Å². The second-order valence-electron chi connectivity index (χ2n) is 3.30. The number of hydrogen-bond donors (Lipinski definition) is 0. The van der Waals surface area contributed by atoms with E-state index in [2.05, 4.69) is 0 Å². The van der Waals surface area contributed by atoms with Gasteiger partial charge in [-0.1, -0.05) is 12.2 Å². The quantitative estimate of drug-likeness (QED) is 0.377. The van der Waals surface area contributed by atoms with Crippen molar-refractivity contribution < 1.29 is 14.3 Å². The first-order valence-electron chi connectivity index (χ1n) is 4.43. The van der Waals surface area contributed by atoms with Crippen LogP contribution < -0.4 is 0 Å². The molecule has 1 rings (SSSR count). The highest BCUT2D eigenvalue weighted by molar-refractivity contribution is 6.03. The Labute approximate surface area is 77.8 Å². The number of carbonyl (C=O) groups excluding carboxylic acids is 2. The van der Waals surface area contributed by atoms with Crippen molar-refractivity contribution in [2.24, 2.45) is 5.41 Å². The highest BCUT2D eigenvalue weighted by Gasteiger charge is 2.47. The smallest absolute Gasteiger partial charge is 0.320 e. The standard InChI is InChI=1S/C10H14O3/c1-3-4-5-10(8(2)11)6-7-13-9(10)12/h3-4H,5-7H2,1-2H3/b4-3+. The maximum Gasteiger partial charge on any atom is 0.320 e. The summed E-state index contributed by atoms with van der Waals surface area (Å²) in [5.74, 6) is -0.453. The Morgan fingerprint density at radius 2 is 2.38 bits per heavy atom. The molecule has 1 atom stereocenters. The minimum atomic E-state index is -0.882. The van der Waals surface area contributed by atoms with Crippen molar-refractivity contribution >= 4 is 11.8 Å². The Morgan fingerprint density at radius 3 is 2.77 bits per heavy atom. The molecule has 1 aliphatic heterocycles. The monoisotopic (exact) mass is 182 g/mol. The van der Waals surface area contributed by atoms with Gasteiger partial charge in [0.05, 0.1) is 6.61 Å². The normalized spacial score (nSPS) is 28.0. The molecule has 0 bridgehead atoms. The number of rotatable bonds is 3. The van der Waals surface area contributed by atoms with Gasteiger partial charge in [-0.05, 0) is 20.3 Å². The van der Waals surface area contributed by atoms with Crippen molar-refractivity contribution in [3.63, 3.8) is 0 Å². The first-order valence-corrected chi connectivity index (χ1v) is 4.43. The third kappa shape index (κ3) is 1.64. The van der Waals surface area contributed by atoms with Crippen LogP contribution in [0.4, 0.5) is 0 Å². The van der Waals surface area contributed by atoms with Crippen LogP contribution in [0.2, 0.25) is 0 Å². The van der Waals surface area contributed by atoms with Crippen LogP contribution in [0.1, 0.15) is 26.7 Å². The van der Waals surface area contributed by atoms with Crippen LogP contribution in [0.3, 0.4) is 0 Å². The molecule has 3 heteroatoms. The molecule has 0 aliphatic carbocycles. The van der Waals surface area contributed by atoms with Gasteiger partial charge in [-0.2, -0.15) is 0 Å². The van der Waals surface area contributed by atoms with Crippen LogP contribution in [0.5, 0.6) is 0 Å². The zero-order valence-corrected chi connectivity index (χ0v) is 8.00. The fraction of sp³-hybridized carbons (Fsp3) is 0.600. The highest BCUT2D eigenvalue weighted by Crippen LogP contribution is 2.35. The Bertz CT molecular complexity index is 255. The van der Waals surface area contributed by atoms with Crippen LogP contribution in [0, 0.1) is 5.41 Å². The van der Waals surface area contributed by atoms with E-state index in [0.29, 0.717) is 19.4 Å². The van der Waals surface area contributed by atoms with E-state index < -0.39 is 5.41 Å². The summed E-state index contributed by atoms with van der Waals surface area (Å²) in [6.45, 7) is 3.69. The van der Waals surface area contributed by atoms with Crippen molar-refractivity contribution in [3.05, 3.63) is 12.2 Å². The van der Waals surface area contributed by atoms with Crippen molar-refractivity contribution in [1.29, 1.82) is 0 Å². The Kier molecular flexibility index (Phi) is 2.86. The molecule has 0 aromatic rings. The number of ether oxygens (including phenoxy) is 1. The number of esters is 1. The van der Waals surface area contributed by atoms with Crippen LogP contribution in [0.25, 0.3) is 0 Å². The van der Waals surface area contributed by atoms with E-state index in [4.69, 9.17) is 4.74 Å². The van der Waals surface area contributed by atoms with E-state index >= 15 is 0 Å². The predicted molar refractivity (Wildman–Crippen MR) is 48.1 cm³/mol. The van der Waals surface area contributed by atoms with Gasteiger partial charge in [-0.3, -0.25) is 9.59 Å². The maximum atomic E-state index is 11.4. The molecule has 13 heavy (non-hydrogen) atoms. The molecule has 0 aromatic heterocycles. The first kappa shape index (κ1) is 9.96. The first-order chi connectivity index (χ1) is 6.13. The number of cyclic esters (lactones) is 1. The molecule has 1 fully saturated rings. The van der Waals surface area contributed by atoms with Gasteiger partial charge in [0.25, 0.3) is 0 Å². The molecule has 0 amide bonds. The average molecular weight is 182 g/mol. The summed E-state index contributed by atoms with van der Waals surface area (Å²) in [5.41, 5.74) is -0.882. The van der Waals surface area contributed by atoms with Crippen molar-refractivity contribution in [3.8, 4) is 0 Å². The van der Waals surface area contributed by atoms with E-state index in [9.17, 15) is 9.59 Å². The molecule has 1 heterocycles. The van der Waals surface area contributed by atoms with Gasteiger partial charge in [-0.15, -0.1) is 0 Å². The lowest BCUT2D eigenvalue weighted by Crippen LogP contribution is -2.33. The zero-order chi connectivity index (χ0) is 9.90. The van der Waals surface area contributed by atoms with E-state index in [1.54, 1.807) is 0 Å². The summed E-state index contributed by atoms with van der Waals surface area (Å²) < 4.78 is 4.83. The Hall–Kier alpha value is -1.12. The van der Waals surface area contributed by atoms with Gasteiger partial charge in [0.2, 0.25) is 0 Å². The molecule has 0 N–H and O–H groups in total. The number of allylic oxidation sites excluding steroid dienone is 2. The Balaban J connectivity index is 2.87. The number of hydrogen-bond acceptors (Lipinski definition) is 3. The molecule has 0 aromatic carbocycles. The molecule has 0 saturated carbocycles. The molecule has 72 valence electrons. The van der Waals surface area contributed by atoms with E-state index in [1.807, 2.05) is 19.1 Å². The predicted octanol–water partition coefficient (Wildman–Crippen LogP) is 1.47. The summed E-state index contributed by atoms with van der Waals surface area (Å²) in [5, 5.41) is 0. The fourth-order valence-corrected chi connectivity index (χ4v) is 1.53.